The normalized spacial score (nSPS) is 19.5. The average molecular weight is 333 g/mol. The van der Waals surface area contributed by atoms with E-state index in [0.717, 1.165) is 43.4 Å². The van der Waals surface area contributed by atoms with Crippen LogP contribution in [0.25, 0.3) is 0 Å². The van der Waals surface area contributed by atoms with Crippen molar-refractivity contribution in [3.8, 4) is 0 Å². The van der Waals surface area contributed by atoms with Gasteiger partial charge in [0.25, 0.3) is 5.91 Å². The first-order valence-corrected chi connectivity index (χ1v) is 9.23. The van der Waals surface area contributed by atoms with Crippen LogP contribution >= 0.6 is 0 Å². The van der Waals surface area contributed by atoms with Gasteiger partial charge in [0, 0.05) is 30.1 Å². The van der Waals surface area contributed by atoms with Gasteiger partial charge in [-0.1, -0.05) is 36.4 Å². The number of nitrogens with zero attached hydrogens (tertiary/aromatic N) is 1. The lowest BCUT2D eigenvalue weighted by Gasteiger charge is -2.32. The molecule has 4 rings (SSSR count). The molecule has 1 aliphatic heterocycles. The summed E-state index contributed by atoms with van der Waals surface area (Å²) < 4.78 is 0. The highest BCUT2D eigenvalue weighted by Gasteiger charge is 2.29. The zero-order valence-electron chi connectivity index (χ0n) is 14.4. The Morgan fingerprint density at radius 1 is 0.880 bits per heavy atom. The van der Waals surface area contributed by atoms with E-state index in [9.17, 15) is 9.59 Å². The molecule has 0 spiro atoms. The van der Waals surface area contributed by atoms with Crippen LogP contribution < -0.4 is 0 Å². The average Bonchev–Trinajstić information content (AvgIpc) is 3.15. The standard InChI is InChI=1S/C22H23NO2/c24-21(17-6-2-1-3-7-17)20-10-5-13-23(15-20)22(25)19-12-11-16-8-4-9-18(16)14-19/h1-3,6-7,11-12,14,20H,4-5,8-10,13,15H2/t20-/m1/s1. The van der Waals surface area contributed by atoms with Crippen LogP contribution in [0.3, 0.4) is 0 Å². The van der Waals surface area contributed by atoms with E-state index >= 15 is 0 Å². The highest BCUT2D eigenvalue weighted by atomic mass is 16.2. The Labute approximate surface area is 148 Å². The van der Waals surface area contributed by atoms with E-state index in [1.54, 1.807) is 0 Å². The number of carbonyl (C=O) groups excluding carboxylic acids is 2. The molecule has 128 valence electrons. The zero-order valence-corrected chi connectivity index (χ0v) is 14.4. The van der Waals surface area contributed by atoms with E-state index in [0.29, 0.717) is 6.54 Å². The molecule has 2 aliphatic rings. The molecule has 1 saturated heterocycles. The van der Waals surface area contributed by atoms with Crippen molar-refractivity contribution in [1.29, 1.82) is 0 Å². The van der Waals surface area contributed by atoms with Crippen molar-refractivity contribution < 1.29 is 9.59 Å². The van der Waals surface area contributed by atoms with Crippen LogP contribution in [0.2, 0.25) is 0 Å². The lowest BCUT2D eigenvalue weighted by molar-refractivity contribution is 0.0637. The molecule has 0 aromatic heterocycles. The Bertz CT molecular complexity index is 797. The van der Waals surface area contributed by atoms with Gasteiger partial charge in [0.2, 0.25) is 0 Å². The number of amides is 1. The summed E-state index contributed by atoms with van der Waals surface area (Å²) in [6.45, 7) is 1.28. The fourth-order valence-corrected chi connectivity index (χ4v) is 4.10. The summed E-state index contributed by atoms with van der Waals surface area (Å²) >= 11 is 0. The minimum absolute atomic E-state index is 0.0697. The van der Waals surface area contributed by atoms with Gasteiger partial charge < -0.3 is 4.90 Å². The van der Waals surface area contributed by atoms with Gasteiger partial charge in [0.05, 0.1) is 0 Å². The molecule has 0 bridgehead atoms. The van der Waals surface area contributed by atoms with Crippen molar-refractivity contribution in [2.75, 3.05) is 13.1 Å². The van der Waals surface area contributed by atoms with Gasteiger partial charge in [-0.25, -0.2) is 0 Å². The Balaban J connectivity index is 1.49. The summed E-state index contributed by atoms with van der Waals surface area (Å²) in [5.74, 6) is 0.141. The minimum Gasteiger partial charge on any atom is -0.338 e. The molecular weight excluding hydrogens is 310 g/mol. The molecule has 1 heterocycles. The van der Waals surface area contributed by atoms with Crippen molar-refractivity contribution in [2.45, 2.75) is 32.1 Å². The first kappa shape index (κ1) is 16.1. The minimum atomic E-state index is -0.0884. The third kappa shape index (κ3) is 3.23. The van der Waals surface area contributed by atoms with Crippen molar-refractivity contribution in [2.24, 2.45) is 5.92 Å². The lowest BCUT2D eigenvalue weighted by atomic mass is 9.89. The molecule has 0 saturated carbocycles. The summed E-state index contributed by atoms with van der Waals surface area (Å²) in [4.78, 5) is 27.5. The molecule has 0 unspecified atom stereocenters. The topological polar surface area (TPSA) is 37.4 Å². The maximum atomic E-state index is 12.9. The fourth-order valence-electron chi connectivity index (χ4n) is 4.10. The van der Waals surface area contributed by atoms with E-state index in [4.69, 9.17) is 0 Å². The summed E-state index contributed by atoms with van der Waals surface area (Å²) in [5, 5.41) is 0. The molecular formula is C22H23NO2. The van der Waals surface area contributed by atoms with Gasteiger partial charge in [0.1, 0.15) is 0 Å². The second-order valence-corrected chi connectivity index (χ2v) is 7.16. The number of hydrogen-bond acceptors (Lipinski definition) is 2. The molecule has 2 aromatic carbocycles. The predicted molar refractivity (Wildman–Crippen MR) is 97.9 cm³/mol. The van der Waals surface area contributed by atoms with Crippen LogP contribution in [-0.4, -0.2) is 29.7 Å². The molecule has 1 amide bonds. The number of rotatable bonds is 3. The number of fused-ring (bicyclic) bond motifs is 1. The van der Waals surface area contributed by atoms with Gasteiger partial charge in [-0.15, -0.1) is 0 Å². The van der Waals surface area contributed by atoms with Gasteiger partial charge in [-0.05, 0) is 55.4 Å². The number of benzene rings is 2. The van der Waals surface area contributed by atoms with Crippen LogP contribution in [-0.2, 0) is 12.8 Å². The maximum absolute atomic E-state index is 12.9. The van der Waals surface area contributed by atoms with Crippen LogP contribution in [0.15, 0.2) is 48.5 Å². The molecule has 1 atom stereocenters. The molecule has 1 aliphatic carbocycles. The molecule has 1 fully saturated rings. The smallest absolute Gasteiger partial charge is 0.253 e. The lowest BCUT2D eigenvalue weighted by Crippen LogP contribution is -2.42. The van der Waals surface area contributed by atoms with Gasteiger partial charge in [-0.2, -0.15) is 0 Å². The number of carbonyl (C=O) groups is 2. The van der Waals surface area contributed by atoms with Crippen molar-refractivity contribution >= 4 is 11.7 Å². The first-order valence-electron chi connectivity index (χ1n) is 9.23. The van der Waals surface area contributed by atoms with Crippen molar-refractivity contribution in [3.63, 3.8) is 0 Å². The van der Waals surface area contributed by atoms with E-state index in [-0.39, 0.29) is 17.6 Å². The van der Waals surface area contributed by atoms with Crippen LogP contribution in [0.1, 0.15) is 51.1 Å². The SMILES string of the molecule is O=C(c1ccccc1)[C@@H]1CCCN(C(=O)c2ccc3c(c2)CCC3)C1. The molecule has 25 heavy (non-hydrogen) atoms. The van der Waals surface area contributed by atoms with E-state index in [1.807, 2.05) is 41.3 Å². The molecule has 3 nitrogen and oxygen atoms in total. The number of hydrogen-bond donors (Lipinski definition) is 0. The Morgan fingerprint density at radius 3 is 2.52 bits per heavy atom. The van der Waals surface area contributed by atoms with Crippen LogP contribution in [0, 0.1) is 5.92 Å². The third-order valence-electron chi connectivity index (χ3n) is 5.48. The Morgan fingerprint density at radius 2 is 1.68 bits per heavy atom. The fraction of sp³-hybridized carbons (Fsp3) is 0.364. The summed E-state index contributed by atoms with van der Waals surface area (Å²) in [6.07, 6.45) is 5.14. The van der Waals surface area contributed by atoms with E-state index in [1.165, 1.54) is 17.5 Å². The van der Waals surface area contributed by atoms with Crippen molar-refractivity contribution in [3.05, 3.63) is 70.8 Å². The molecule has 3 heteroatoms. The summed E-state index contributed by atoms with van der Waals surface area (Å²) in [5.41, 5.74) is 4.22. The number of piperidine rings is 1. The Hall–Kier alpha value is -2.42. The van der Waals surface area contributed by atoms with Gasteiger partial charge >= 0.3 is 0 Å². The van der Waals surface area contributed by atoms with E-state index < -0.39 is 0 Å². The quantitative estimate of drug-likeness (QED) is 0.799. The number of ketones is 1. The van der Waals surface area contributed by atoms with Gasteiger partial charge in [0.15, 0.2) is 5.78 Å². The monoisotopic (exact) mass is 333 g/mol. The predicted octanol–water partition coefficient (Wildman–Crippen LogP) is 3.91. The number of likely N-dealkylation sites (tertiary alicyclic amines) is 1. The summed E-state index contributed by atoms with van der Waals surface area (Å²) in [6, 6.07) is 15.6. The van der Waals surface area contributed by atoms with Gasteiger partial charge in [-0.3, -0.25) is 9.59 Å². The number of Topliss-reactive ketones (excluding diaryl/α,β-unsaturated/α-hetero) is 1. The number of aryl methyl sites for hydroxylation is 2. The highest BCUT2D eigenvalue weighted by Crippen LogP contribution is 2.26. The molecule has 0 N–H and O–H groups in total. The first-order chi connectivity index (χ1) is 12.2. The van der Waals surface area contributed by atoms with E-state index in [2.05, 4.69) is 12.1 Å². The maximum Gasteiger partial charge on any atom is 0.253 e. The Kier molecular flexibility index (Phi) is 4.39. The van der Waals surface area contributed by atoms with Crippen LogP contribution in [0.4, 0.5) is 0 Å². The highest BCUT2D eigenvalue weighted by molar-refractivity contribution is 5.99. The largest absolute Gasteiger partial charge is 0.338 e. The molecule has 2 aromatic rings. The summed E-state index contributed by atoms with van der Waals surface area (Å²) in [7, 11) is 0. The second kappa shape index (κ2) is 6.83. The zero-order chi connectivity index (χ0) is 17.2. The van der Waals surface area contributed by atoms with Crippen LogP contribution in [0.5, 0.6) is 0 Å². The van der Waals surface area contributed by atoms with Crippen molar-refractivity contribution in [1.82, 2.24) is 4.90 Å². The molecule has 0 radical (unpaired) electrons. The second-order valence-electron chi connectivity index (χ2n) is 7.16. The third-order valence-corrected chi connectivity index (χ3v) is 5.48.